The van der Waals surface area contributed by atoms with Gasteiger partial charge in [-0.05, 0) is 50.6 Å². The van der Waals surface area contributed by atoms with E-state index in [4.69, 9.17) is 14.2 Å². The molecule has 0 aliphatic carbocycles. The lowest BCUT2D eigenvalue weighted by Crippen LogP contribution is -2.27. The SMILES string of the molecule is CC(C)(C)OC(=O)Nc1ccc(NC(=O)C2=COC(Cc3ccccc3)O2)cc1. The highest BCUT2D eigenvalue weighted by molar-refractivity contribution is 6.02. The molecule has 1 atom stereocenters. The summed E-state index contributed by atoms with van der Waals surface area (Å²) in [6, 6.07) is 16.4. The van der Waals surface area contributed by atoms with E-state index in [2.05, 4.69) is 10.6 Å². The predicted octanol–water partition coefficient (Wildman–Crippen LogP) is 4.43. The van der Waals surface area contributed by atoms with E-state index in [0.717, 1.165) is 5.56 Å². The lowest BCUT2D eigenvalue weighted by Gasteiger charge is -2.19. The van der Waals surface area contributed by atoms with Crippen LogP contribution in [-0.2, 0) is 25.4 Å². The van der Waals surface area contributed by atoms with Gasteiger partial charge in [0.25, 0.3) is 5.91 Å². The number of amides is 2. The van der Waals surface area contributed by atoms with Gasteiger partial charge in [-0.2, -0.15) is 0 Å². The van der Waals surface area contributed by atoms with Crippen molar-refractivity contribution in [3.8, 4) is 0 Å². The van der Waals surface area contributed by atoms with Gasteiger partial charge in [-0.25, -0.2) is 4.79 Å². The van der Waals surface area contributed by atoms with Crippen LogP contribution in [0.15, 0.2) is 66.6 Å². The van der Waals surface area contributed by atoms with Crippen molar-refractivity contribution >= 4 is 23.4 Å². The molecule has 0 saturated heterocycles. The van der Waals surface area contributed by atoms with E-state index >= 15 is 0 Å². The first kappa shape index (κ1) is 20.3. The van der Waals surface area contributed by atoms with Gasteiger partial charge < -0.3 is 19.5 Å². The third-order valence-electron chi connectivity index (χ3n) is 3.84. The molecule has 2 amide bonds. The molecule has 1 aliphatic heterocycles. The van der Waals surface area contributed by atoms with Gasteiger partial charge in [0.2, 0.25) is 12.0 Å². The van der Waals surface area contributed by atoms with Crippen LogP contribution < -0.4 is 10.6 Å². The van der Waals surface area contributed by atoms with Gasteiger partial charge >= 0.3 is 6.09 Å². The molecule has 3 rings (SSSR count). The molecule has 1 aliphatic rings. The van der Waals surface area contributed by atoms with E-state index in [-0.39, 0.29) is 5.76 Å². The Morgan fingerprint density at radius 1 is 0.966 bits per heavy atom. The van der Waals surface area contributed by atoms with Crippen molar-refractivity contribution in [2.75, 3.05) is 10.6 Å². The van der Waals surface area contributed by atoms with E-state index in [1.807, 2.05) is 30.3 Å². The summed E-state index contributed by atoms with van der Waals surface area (Å²) in [6.07, 6.45) is 0.791. The number of ether oxygens (including phenoxy) is 3. The molecule has 0 bridgehead atoms. The van der Waals surface area contributed by atoms with Crippen LogP contribution in [0.3, 0.4) is 0 Å². The molecule has 7 nitrogen and oxygen atoms in total. The number of hydrogen-bond acceptors (Lipinski definition) is 5. The van der Waals surface area contributed by atoms with Crippen molar-refractivity contribution < 1.29 is 23.8 Å². The van der Waals surface area contributed by atoms with Gasteiger partial charge in [0.15, 0.2) is 0 Å². The second-order valence-electron chi connectivity index (χ2n) is 7.51. The van der Waals surface area contributed by atoms with Gasteiger partial charge in [-0.1, -0.05) is 30.3 Å². The van der Waals surface area contributed by atoms with E-state index in [9.17, 15) is 9.59 Å². The van der Waals surface area contributed by atoms with Gasteiger partial charge in [-0.15, -0.1) is 0 Å². The summed E-state index contributed by atoms with van der Waals surface area (Å²) in [5.74, 6) is -0.296. The highest BCUT2D eigenvalue weighted by Gasteiger charge is 2.25. The predicted molar refractivity (Wildman–Crippen MR) is 109 cm³/mol. The van der Waals surface area contributed by atoms with Crippen molar-refractivity contribution in [2.45, 2.75) is 39.1 Å². The molecular formula is C22H24N2O5. The number of benzene rings is 2. The zero-order chi connectivity index (χ0) is 20.9. The molecule has 1 unspecified atom stereocenters. The molecule has 2 N–H and O–H groups in total. The van der Waals surface area contributed by atoms with Crippen LogP contribution in [0.5, 0.6) is 0 Å². The topological polar surface area (TPSA) is 85.9 Å². The maximum Gasteiger partial charge on any atom is 0.412 e. The minimum Gasteiger partial charge on any atom is -0.458 e. The second kappa shape index (κ2) is 8.68. The summed E-state index contributed by atoms with van der Waals surface area (Å²) < 4.78 is 16.2. The first-order valence-corrected chi connectivity index (χ1v) is 9.26. The summed E-state index contributed by atoms with van der Waals surface area (Å²) in [5.41, 5.74) is 1.59. The summed E-state index contributed by atoms with van der Waals surface area (Å²) in [6.45, 7) is 5.37. The minimum absolute atomic E-state index is 0.113. The summed E-state index contributed by atoms with van der Waals surface area (Å²) in [5, 5.41) is 5.36. The molecular weight excluding hydrogens is 372 g/mol. The van der Waals surface area contributed by atoms with Crippen LogP contribution in [-0.4, -0.2) is 23.9 Å². The molecule has 1 heterocycles. The first-order chi connectivity index (χ1) is 13.8. The Hall–Kier alpha value is -3.48. The quantitative estimate of drug-likeness (QED) is 0.781. The fourth-order valence-electron chi connectivity index (χ4n) is 2.59. The summed E-state index contributed by atoms with van der Waals surface area (Å²) in [7, 11) is 0. The van der Waals surface area contributed by atoms with Crippen LogP contribution in [0.4, 0.5) is 16.2 Å². The number of carbonyl (C=O) groups excluding carboxylic acids is 2. The van der Waals surface area contributed by atoms with E-state index in [0.29, 0.717) is 17.8 Å². The van der Waals surface area contributed by atoms with Crippen molar-refractivity contribution in [3.63, 3.8) is 0 Å². The molecule has 0 saturated carbocycles. The molecule has 0 spiro atoms. The maximum atomic E-state index is 12.4. The van der Waals surface area contributed by atoms with E-state index in [1.165, 1.54) is 6.26 Å². The maximum absolute atomic E-state index is 12.4. The Bertz CT molecular complexity index is 886. The van der Waals surface area contributed by atoms with Crippen molar-refractivity contribution in [1.29, 1.82) is 0 Å². The van der Waals surface area contributed by atoms with Crippen LogP contribution in [0.25, 0.3) is 0 Å². The molecule has 0 aromatic heterocycles. The lowest BCUT2D eigenvalue weighted by atomic mass is 10.1. The number of rotatable bonds is 5. The van der Waals surface area contributed by atoms with Crippen molar-refractivity contribution in [3.05, 3.63) is 72.2 Å². The average Bonchev–Trinajstić information content (AvgIpc) is 3.11. The smallest absolute Gasteiger partial charge is 0.412 e. The van der Waals surface area contributed by atoms with Gasteiger partial charge in [0, 0.05) is 17.8 Å². The molecule has 0 radical (unpaired) electrons. The normalized spacial score (nSPS) is 15.6. The van der Waals surface area contributed by atoms with Crippen LogP contribution in [0, 0.1) is 0 Å². The third kappa shape index (κ3) is 6.27. The largest absolute Gasteiger partial charge is 0.458 e. The summed E-state index contributed by atoms with van der Waals surface area (Å²) in [4.78, 5) is 24.1. The van der Waals surface area contributed by atoms with E-state index < -0.39 is 23.9 Å². The molecule has 2 aromatic carbocycles. The summed E-state index contributed by atoms with van der Waals surface area (Å²) >= 11 is 0. The second-order valence-corrected chi connectivity index (χ2v) is 7.51. The van der Waals surface area contributed by atoms with Gasteiger partial charge in [0.05, 0.1) is 0 Å². The van der Waals surface area contributed by atoms with Crippen LogP contribution in [0.2, 0.25) is 0 Å². The third-order valence-corrected chi connectivity index (χ3v) is 3.84. The monoisotopic (exact) mass is 396 g/mol. The number of nitrogens with one attached hydrogen (secondary N) is 2. The molecule has 29 heavy (non-hydrogen) atoms. The first-order valence-electron chi connectivity index (χ1n) is 9.26. The highest BCUT2D eigenvalue weighted by atomic mass is 16.7. The highest BCUT2D eigenvalue weighted by Crippen LogP contribution is 2.21. The number of carbonyl (C=O) groups is 2. The van der Waals surface area contributed by atoms with Crippen molar-refractivity contribution in [1.82, 2.24) is 0 Å². The Morgan fingerprint density at radius 3 is 2.21 bits per heavy atom. The Morgan fingerprint density at radius 2 is 1.59 bits per heavy atom. The number of anilines is 2. The zero-order valence-electron chi connectivity index (χ0n) is 16.6. The fraction of sp³-hybridized carbons (Fsp3) is 0.273. The lowest BCUT2D eigenvalue weighted by molar-refractivity contribution is -0.118. The van der Waals surface area contributed by atoms with Crippen LogP contribution in [0.1, 0.15) is 26.3 Å². The molecule has 0 fully saturated rings. The van der Waals surface area contributed by atoms with Crippen molar-refractivity contribution in [2.24, 2.45) is 0 Å². The Balaban J connectivity index is 1.49. The standard InChI is InChI=1S/C22H24N2O5/c1-22(2,3)29-21(26)24-17-11-9-16(10-12-17)23-20(25)18-14-27-19(28-18)13-15-7-5-4-6-8-15/h4-12,14,19H,13H2,1-3H3,(H,23,25)(H,24,26). The molecule has 2 aromatic rings. The molecule has 152 valence electrons. The average molecular weight is 396 g/mol. The fourth-order valence-corrected chi connectivity index (χ4v) is 2.59. The van der Waals surface area contributed by atoms with Gasteiger partial charge in [-0.3, -0.25) is 10.1 Å². The zero-order valence-corrected chi connectivity index (χ0v) is 16.6. The Kier molecular flexibility index (Phi) is 6.07. The Labute approximate surface area is 169 Å². The molecule has 7 heteroatoms. The minimum atomic E-state index is -0.576. The van der Waals surface area contributed by atoms with E-state index in [1.54, 1.807) is 45.0 Å². The number of hydrogen-bond donors (Lipinski definition) is 2. The van der Waals surface area contributed by atoms with Crippen LogP contribution >= 0.6 is 0 Å². The van der Waals surface area contributed by atoms with Gasteiger partial charge in [0.1, 0.15) is 11.9 Å².